The van der Waals surface area contributed by atoms with E-state index in [0.29, 0.717) is 11.4 Å². The van der Waals surface area contributed by atoms with Gasteiger partial charge in [-0.15, -0.1) is 11.8 Å². The Labute approximate surface area is 143 Å². The minimum absolute atomic E-state index is 0.136. The van der Waals surface area contributed by atoms with Gasteiger partial charge >= 0.3 is 0 Å². The van der Waals surface area contributed by atoms with E-state index in [-0.39, 0.29) is 23.1 Å². The van der Waals surface area contributed by atoms with Crippen LogP contribution in [0.25, 0.3) is 0 Å². The van der Waals surface area contributed by atoms with Gasteiger partial charge in [-0.25, -0.2) is 0 Å². The highest BCUT2D eigenvalue weighted by atomic mass is 32.2. The monoisotopic (exact) mass is 343 g/mol. The second-order valence-corrected chi connectivity index (χ2v) is 6.00. The van der Waals surface area contributed by atoms with E-state index in [0.717, 1.165) is 4.90 Å². The van der Waals surface area contributed by atoms with Crippen molar-refractivity contribution in [3.63, 3.8) is 0 Å². The first-order valence-corrected chi connectivity index (χ1v) is 8.13. The van der Waals surface area contributed by atoms with Crippen LogP contribution in [0.2, 0.25) is 0 Å². The summed E-state index contributed by atoms with van der Waals surface area (Å²) in [7, 11) is 0. The largest absolute Gasteiger partial charge is 0.366 e. The zero-order chi connectivity index (χ0) is 17.5. The summed E-state index contributed by atoms with van der Waals surface area (Å²) in [5, 5.41) is 5.36. The number of para-hydroxylation sites is 1. The maximum absolute atomic E-state index is 12.0. The molecule has 24 heavy (non-hydrogen) atoms. The van der Waals surface area contributed by atoms with Crippen molar-refractivity contribution in [2.45, 2.75) is 11.8 Å². The zero-order valence-electron chi connectivity index (χ0n) is 13.0. The van der Waals surface area contributed by atoms with Crippen LogP contribution in [0.5, 0.6) is 0 Å². The molecule has 0 bridgehead atoms. The fourth-order valence-electron chi connectivity index (χ4n) is 1.98. The van der Waals surface area contributed by atoms with Gasteiger partial charge in [0.2, 0.25) is 11.8 Å². The molecule has 124 valence electrons. The van der Waals surface area contributed by atoms with Gasteiger partial charge in [-0.05, 0) is 36.4 Å². The van der Waals surface area contributed by atoms with Crippen molar-refractivity contribution >= 4 is 40.9 Å². The molecule has 0 aliphatic heterocycles. The minimum atomic E-state index is -0.591. The number of amides is 3. The molecule has 0 aliphatic carbocycles. The smallest absolute Gasteiger partial charge is 0.250 e. The first-order valence-electron chi connectivity index (χ1n) is 7.15. The quantitative estimate of drug-likeness (QED) is 0.701. The Hall–Kier alpha value is -2.80. The molecule has 0 saturated heterocycles. The summed E-state index contributed by atoms with van der Waals surface area (Å²) in [5.41, 5.74) is 6.65. The molecule has 0 heterocycles. The molecule has 0 spiro atoms. The standard InChI is InChI=1S/C17H17N3O3S/c1-11(21)19-12-6-8-13(9-7-12)24-10-16(22)20-15-5-3-2-4-14(15)17(18)23/h2-9H,10H2,1H3,(H2,18,23)(H,19,21)(H,20,22). The second-order valence-electron chi connectivity index (χ2n) is 4.95. The first kappa shape index (κ1) is 17.6. The van der Waals surface area contributed by atoms with E-state index in [1.807, 2.05) is 12.1 Å². The molecule has 0 saturated carbocycles. The van der Waals surface area contributed by atoms with Crippen LogP contribution in [-0.4, -0.2) is 23.5 Å². The van der Waals surface area contributed by atoms with Gasteiger partial charge in [0, 0.05) is 17.5 Å². The van der Waals surface area contributed by atoms with Crippen LogP contribution < -0.4 is 16.4 Å². The third-order valence-electron chi connectivity index (χ3n) is 3.01. The van der Waals surface area contributed by atoms with Crippen molar-refractivity contribution in [1.82, 2.24) is 0 Å². The number of hydrogen-bond donors (Lipinski definition) is 3. The van der Waals surface area contributed by atoms with Crippen molar-refractivity contribution in [3.05, 3.63) is 54.1 Å². The van der Waals surface area contributed by atoms with Crippen molar-refractivity contribution in [2.75, 3.05) is 16.4 Å². The average molecular weight is 343 g/mol. The summed E-state index contributed by atoms with van der Waals surface area (Å²) >= 11 is 1.35. The summed E-state index contributed by atoms with van der Waals surface area (Å²) < 4.78 is 0. The van der Waals surface area contributed by atoms with Crippen LogP contribution in [0.15, 0.2) is 53.4 Å². The Kier molecular flexibility index (Phi) is 5.97. The summed E-state index contributed by atoms with van der Waals surface area (Å²) in [5.74, 6) is -0.776. The Morgan fingerprint density at radius 3 is 2.29 bits per heavy atom. The molecule has 0 aliphatic rings. The van der Waals surface area contributed by atoms with Crippen LogP contribution in [0, 0.1) is 0 Å². The Morgan fingerprint density at radius 2 is 1.67 bits per heavy atom. The lowest BCUT2D eigenvalue weighted by molar-refractivity contribution is -0.114. The van der Waals surface area contributed by atoms with E-state index in [9.17, 15) is 14.4 Å². The predicted molar refractivity (Wildman–Crippen MR) is 95.1 cm³/mol. The topological polar surface area (TPSA) is 101 Å². The molecule has 7 heteroatoms. The average Bonchev–Trinajstić information content (AvgIpc) is 2.54. The van der Waals surface area contributed by atoms with Gasteiger partial charge in [-0.1, -0.05) is 12.1 Å². The summed E-state index contributed by atoms with van der Waals surface area (Å²) in [6.07, 6.45) is 0. The van der Waals surface area contributed by atoms with Crippen LogP contribution in [0.3, 0.4) is 0 Å². The van der Waals surface area contributed by atoms with Crippen molar-refractivity contribution in [2.24, 2.45) is 5.73 Å². The molecule has 2 aromatic rings. The lowest BCUT2D eigenvalue weighted by Crippen LogP contribution is -2.19. The summed E-state index contributed by atoms with van der Waals surface area (Å²) in [6, 6.07) is 13.8. The van der Waals surface area contributed by atoms with Gasteiger partial charge in [0.05, 0.1) is 17.0 Å². The molecule has 2 aromatic carbocycles. The molecule has 0 unspecified atom stereocenters. The minimum Gasteiger partial charge on any atom is -0.366 e. The summed E-state index contributed by atoms with van der Waals surface area (Å²) in [6.45, 7) is 1.44. The molecule has 0 aromatic heterocycles. The molecule has 0 atom stereocenters. The van der Waals surface area contributed by atoms with Crippen LogP contribution in [0.4, 0.5) is 11.4 Å². The lowest BCUT2D eigenvalue weighted by atomic mass is 10.1. The molecule has 0 fully saturated rings. The normalized spacial score (nSPS) is 10.0. The molecular formula is C17H17N3O3S. The van der Waals surface area contributed by atoms with Crippen molar-refractivity contribution < 1.29 is 14.4 Å². The molecule has 3 amide bonds. The van der Waals surface area contributed by atoms with Gasteiger partial charge < -0.3 is 16.4 Å². The highest BCUT2D eigenvalue weighted by Crippen LogP contribution is 2.21. The molecule has 0 radical (unpaired) electrons. The number of primary amides is 1. The van der Waals surface area contributed by atoms with Gasteiger partial charge in [-0.2, -0.15) is 0 Å². The third-order valence-corrected chi connectivity index (χ3v) is 4.02. The summed E-state index contributed by atoms with van der Waals surface area (Å²) in [4.78, 5) is 35.2. The Bertz CT molecular complexity index is 760. The number of nitrogens with one attached hydrogen (secondary N) is 2. The van der Waals surface area contributed by atoms with Gasteiger partial charge in [-0.3, -0.25) is 14.4 Å². The van der Waals surface area contributed by atoms with Crippen molar-refractivity contribution in [1.29, 1.82) is 0 Å². The number of thioether (sulfide) groups is 1. The zero-order valence-corrected chi connectivity index (χ0v) is 13.9. The van der Waals surface area contributed by atoms with Gasteiger partial charge in [0.1, 0.15) is 0 Å². The third kappa shape index (κ3) is 5.13. The van der Waals surface area contributed by atoms with Crippen LogP contribution in [0.1, 0.15) is 17.3 Å². The fraction of sp³-hybridized carbons (Fsp3) is 0.118. The SMILES string of the molecule is CC(=O)Nc1ccc(SCC(=O)Nc2ccccc2C(N)=O)cc1. The molecule has 4 N–H and O–H groups in total. The van der Waals surface area contributed by atoms with E-state index >= 15 is 0 Å². The number of anilines is 2. The molecule has 2 rings (SSSR count). The van der Waals surface area contributed by atoms with Crippen LogP contribution >= 0.6 is 11.8 Å². The van der Waals surface area contributed by atoms with Crippen molar-refractivity contribution in [3.8, 4) is 0 Å². The maximum Gasteiger partial charge on any atom is 0.250 e. The van der Waals surface area contributed by atoms with Crippen LogP contribution in [-0.2, 0) is 9.59 Å². The first-order chi connectivity index (χ1) is 11.5. The maximum atomic E-state index is 12.0. The van der Waals surface area contributed by atoms with Gasteiger partial charge in [0.15, 0.2) is 0 Å². The van der Waals surface area contributed by atoms with E-state index < -0.39 is 5.91 Å². The highest BCUT2D eigenvalue weighted by Gasteiger charge is 2.10. The fourth-order valence-corrected chi connectivity index (χ4v) is 2.68. The number of nitrogens with two attached hydrogens (primary N) is 1. The highest BCUT2D eigenvalue weighted by molar-refractivity contribution is 8.00. The van der Waals surface area contributed by atoms with E-state index in [1.54, 1.807) is 36.4 Å². The lowest BCUT2D eigenvalue weighted by Gasteiger charge is -2.09. The van der Waals surface area contributed by atoms with Gasteiger partial charge in [0.25, 0.3) is 5.91 Å². The Morgan fingerprint density at radius 1 is 1.00 bits per heavy atom. The number of carbonyl (C=O) groups excluding carboxylic acids is 3. The second kappa shape index (κ2) is 8.16. The number of carbonyl (C=O) groups is 3. The van der Waals surface area contributed by atoms with E-state index in [2.05, 4.69) is 10.6 Å². The molecular weight excluding hydrogens is 326 g/mol. The predicted octanol–water partition coefficient (Wildman–Crippen LogP) is 2.47. The van der Waals surface area contributed by atoms with E-state index in [4.69, 9.17) is 5.73 Å². The molecule has 6 nitrogen and oxygen atoms in total. The number of rotatable bonds is 6. The Balaban J connectivity index is 1.92. The number of hydrogen-bond acceptors (Lipinski definition) is 4. The van der Waals surface area contributed by atoms with E-state index in [1.165, 1.54) is 18.7 Å². The number of benzene rings is 2.